The minimum absolute atomic E-state index is 0.141. The lowest BCUT2D eigenvalue weighted by Crippen LogP contribution is -2.08. The van der Waals surface area contributed by atoms with Gasteiger partial charge in [-0.25, -0.2) is 0 Å². The zero-order valence-corrected chi connectivity index (χ0v) is 9.27. The van der Waals surface area contributed by atoms with Crippen LogP contribution in [-0.4, -0.2) is 5.84 Å². The number of hydrogen-bond acceptors (Lipinski definition) is 2. The van der Waals surface area contributed by atoms with Crippen LogP contribution in [0.4, 0.5) is 0 Å². The van der Waals surface area contributed by atoms with Gasteiger partial charge in [-0.3, -0.25) is 5.41 Å². The van der Waals surface area contributed by atoms with Crippen LogP contribution >= 0.6 is 11.3 Å². The first-order chi connectivity index (χ1) is 7.22. The number of fused-ring (bicyclic) bond motifs is 1. The van der Waals surface area contributed by atoms with E-state index in [1.807, 2.05) is 25.1 Å². The summed E-state index contributed by atoms with van der Waals surface area (Å²) in [4.78, 5) is 0.835. The summed E-state index contributed by atoms with van der Waals surface area (Å²) in [5.41, 5.74) is 6.66. The van der Waals surface area contributed by atoms with Crippen LogP contribution in [0.2, 0.25) is 0 Å². The smallest absolute Gasteiger partial charge is 0.133 e. The molecule has 0 atom stereocenters. The fourth-order valence-electron chi connectivity index (χ4n) is 1.54. The van der Waals surface area contributed by atoms with Crippen LogP contribution < -0.4 is 5.73 Å². The van der Waals surface area contributed by atoms with Gasteiger partial charge in [0.05, 0.1) is 4.88 Å². The van der Waals surface area contributed by atoms with Crippen molar-refractivity contribution >= 4 is 33.3 Å². The van der Waals surface area contributed by atoms with E-state index in [-0.39, 0.29) is 5.84 Å². The van der Waals surface area contributed by atoms with E-state index in [1.165, 1.54) is 15.6 Å². The van der Waals surface area contributed by atoms with E-state index in [0.29, 0.717) is 0 Å². The van der Waals surface area contributed by atoms with Crippen molar-refractivity contribution in [2.75, 3.05) is 0 Å². The van der Waals surface area contributed by atoms with Crippen molar-refractivity contribution in [2.45, 2.75) is 6.92 Å². The largest absolute Gasteiger partial charge is 0.383 e. The average molecular weight is 216 g/mol. The first-order valence-corrected chi connectivity index (χ1v) is 5.53. The second-order valence-corrected chi connectivity index (χ2v) is 4.37. The highest BCUT2D eigenvalue weighted by Gasteiger charge is 2.05. The standard InChI is InChI=1S/C12H12N2S/c1-2-4-8-5-3-6-10-9(8)7-11(15-10)12(13)14/h2-7H,1H3,(H3,13,14). The number of hydrogen-bond donors (Lipinski definition) is 2. The van der Waals surface area contributed by atoms with Gasteiger partial charge >= 0.3 is 0 Å². The number of nitrogens with two attached hydrogens (primary N) is 1. The summed E-state index contributed by atoms with van der Waals surface area (Å²) in [5.74, 6) is 0.141. The van der Waals surface area contributed by atoms with Crippen molar-refractivity contribution in [1.82, 2.24) is 0 Å². The van der Waals surface area contributed by atoms with Crippen LogP contribution in [-0.2, 0) is 0 Å². The molecule has 3 heteroatoms. The molecule has 0 bridgehead atoms. The normalized spacial score (nSPS) is 11.3. The van der Waals surface area contributed by atoms with Crippen LogP contribution in [0.5, 0.6) is 0 Å². The lowest BCUT2D eigenvalue weighted by molar-refractivity contribution is 1.46. The molecule has 2 nitrogen and oxygen atoms in total. The van der Waals surface area contributed by atoms with E-state index < -0.39 is 0 Å². The van der Waals surface area contributed by atoms with Gasteiger partial charge in [-0.2, -0.15) is 0 Å². The van der Waals surface area contributed by atoms with E-state index >= 15 is 0 Å². The maximum absolute atomic E-state index is 7.41. The van der Waals surface area contributed by atoms with Gasteiger partial charge in [0, 0.05) is 10.1 Å². The number of nitrogens with one attached hydrogen (secondary N) is 1. The van der Waals surface area contributed by atoms with Crippen LogP contribution in [0.25, 0.3) is 16.2 Å². The molecule has 0 aliphatic heterocycles. The summed E-state index contributed by atoms with van der Waals surface area (Å²) < 4.78 is 1.18. The van der Waals surface area contributed by atoms with E-state index in [2.05, 4.69) is 18.2 Å². The van der Waals surface area contributed by atoms with Crippen LogP contribution in [0.1, 0.15) is 17.4 Å². The van der Waals surface area contributed by atoms with E-state index in [0.717, 1.165) is 4.88 Å². The lowest BCUT2D eigenvalue weighted by Gasteiger charge is -1.94. The second-order valence-electron chi connectivity index (χ2n) is 3.28. The molecule has 0 amide bonds. The fraction of sp³-hybridized carbons (Fsp3) is 0.0833. The third-order valence-corrected chi connectivity index (χ3v) is 3.34. The summed E-state index contributed by atoms with van der Waals surface area (Å²) in [5, 5.41) is 8.58. The summed E-state index contributed by atoms with van der Waals surface area (Å²) in [6.07, 6.45) is 4.08. The zero-order chi connectivity index (χ0) is 10.8. The third kappa shape index (κ3) is 1.78. The number of rotatable bonds is 2. The number of benzene rings is 1. The van der Waals surface area contributed by atoms with Crippen molar-refractivity contribution in [3.05, 3.63) is 40.8 Å². The SMILES string of the molecule is CC=Cc1cccc2sc(C(=N)N)cc12. The molecular formula is C12H12N2S. The maximum Gasteiger partial charge on any atom is 0.133 e. The molecule has 0 aliphatic rings. The molecule has 2 rings (SSSR count). The molecule has 0 unspecified atom stereocenters. The van der Waals surface area contributed by atoms with Gasteiger partial charge in [0.15, 0.2) is 0 Å². The number of amidine groups is 1. The molecule has 1 aromatic heterocycles. The molecule has 1 heterocycles. The van der Waals surface area contributed by atoms with Gasteiger partial charge in [0.25, 0.3) is 0 Å². The van der Waals surface area contributed by atoms with Gasteiger partial charge in [0.2, 0.25) is 0 Å². The molecule has 1 aromatic carbocycles. The highest BCUT2D eigenvalue weighted by molar-refractivity contribution is 7.20. The summed E-state index contributed by atoms with van der Waals surface area (Å²) >= 11 is 1.56. The Morgan fingerprint density at radius 1 is 1.47 bits per heavy atom. The monoisotopic (exact) mass is 216 g/mol. The molecule has 3 N–H and O–H groups in total. The summed E-state index contributed by atoms with van der Waals surface area (Å²) in [6.45, 7) is 2.00. The van der Waals surface area contributed by atoms with Gasteiger partial charge in [-0.05, 0) is 24.6 Å². The van der Waals surface area contributed by atoms with Gasteiger partial charge in [0.1, 0.15) is 5.84 Å². The molecule has 0 spiro atoms. The first kappa shape index (κ1) is 9.93. The van der Waals surface area contributed by atoms with Crippen molar-refractivity contribution < 1.29 is 0 Å². The Labute approximate surface area is 92.5 Å². The van der Waals surface area contributed by atoms with Crippen molar-refractivity contribution in [3.8, 4) is 0 Å². The minimum atomic E-state index is 0.141. The zero-order valence-electron chi connectivity index (χ0n) is 8.45. The van der Waals surface area contributed by atoms with Crippen LogP contribution in [0, 0.1) is 5.41 Å². The molecule has 0 radical (unpaired) electrons. The highest BCUT2D eigenvalue weighted by atomic mass is 32.1. The van der Waals surface area contributed by atoms with Crippen LogP contribution in [0.3, 0.4) is 0 Å². The predicted molar refractivity (Wildman–Crippen MR) is 67.5 cm³/mol. The topological polar surface area (TPSA) is 49.9 Å². The van der Waals surface area contributed by atoms with Crippen LogP contribution in [0.15, 0.2) is 30.3 Å². The molecule has 15 heavy (non-hydrogen) atoms. The summed E-state index contributed by atoms with van der Waals surface area (Å²) in [6, 6.07) is 8.13. The summed E-state index contributed by atoms with van der Waals surface area (Å²) in [7, 11) is 0. The minimum Gasteiger partial charge on any atom is -0.383 e. The van der Waals surface area contributed by atoms with Gasteiger partial charge in [-0.15, -0.1) is 11.3 Å². The Morgan fingerprint density at radius 3 is 2.93 bits per heavy atom. The molecule has 76 valence electrons. The molecule has 0 fully saturated rings. The Balaban J connectivity index is 2.69. The lowest BCUT2D eigenvalue weighted by atomic mass is 10.1. The third-order valence-electron chi connectivity index (χ3n) is 2.21. The Kier molecular flexibility index (Phi) is 2.56. The highest BCUT2D eigenvalue weighted by Crippen LogP contribution is 2.28. The first-order valence-electron chi connectivity index (χ1n) is 4.72. The van der Waals surface area contributed by atoms with Gasteiger partial charge < -0.3 is 5.73 Å². The quantitative estimate of drug-likeness (QED) is 0.587. The molecule has 2 aromatic rings. The number of thiophene rings is 1. The van der Waals surface area contributed by atoms with Crippen molar-refractivity contribution in [2.24, 2.45) is 5.73 Å². The fourth-order valence-corrected chi connectivity index (χ4v) is 2.50. The Hall–Kier alpha value is -1.61. The Morgan fingerprint density at radius 2 is 2.27 bits per heavy atom. The van der Waals surface area contributed by atoms with Gasteiger partial charge in [-0.1, -0.05) is 24.3 Å². The average Bonchev–Trinajstić information content (AvgIpc) is 2.63. The van der Waals surface area contributed by atoms with Crippen molar-refractivity contribution in [3.63, 3.8) is 0 Å². The molecule has 0 aliphatic carbocycles. The maximum atomic E-state index is 7.41. The second kappa shape index (κ2) is 3.87. The number of allylic oxidation sites excluding steroid dienone is 1. The van der Waals surface area contributed by atoms with E-state index in [1.54, 1.807) is 11.3 Å². The molecular weight excluding hydrogens is 204 g/mol. The molecule has 0 saturated heterocycles. The Bertz CT molecular complexity index is 538. The predicted octanol–water partition coefficient (Wildman–Crippen LogP) is 3.22. The molecule has 0 saturated carbocycles. The van der Waals surface area contributed by atoms with Crippen molar-refractivity contribution in [1.29, 1.82) is 5.41 Å². The number of nitrogen functional groups attached to an aromatic ring is 1. The van der Waals surface area contributed by atoms with E-state index in [9.17, 15) is 0 Å². The van der Waals surface area contributed by atoms with E-state index in [4.69, 9.17) is 11.1 Å².